The summed E-state index contributed by atoms with van der Waals surface area (Å²) >= 11 is 0. The van der Waals surface area contributed by atoms with Crippen molar-refractivity contribution in [1.82, 2.24) is 0 Å². The van der Waals surface area contributed by atoms with Gasteiger partial charge in [0.15, 0.2) is 22.8 Å². The standard InChI is InChI=1S/C16H24N2O5/c17-9-3-1-5-11(15(22)23)14(21)16(8-2-4-10-18)12(19)6-7-13(16)20/h6-7,11H,1-5,8-10,17-18H2,(H,22,23). The number of ketones is 3. The molecule has 5 N–H and O–H groups in total. The Morgan fingerprint density at radius 1 is 1.00 bits per heavy atom. The molecule has 23 heavy (non-hydrogen) atoms. The summed E-state index contributed by atoms with van der Waals surface area (Å²) in [7, 11) is 0. The third-order valence-corrected chi connectivity index (χ3v) is 4.22. The van der Waals surface area contributed by atoms with E-state index in [1.807, 2.05) is 0 Å². The first-order valence-electron chi connectivity index (χ1n) is 7.86. The predicted octanol–water partition coefficient (Wildman–Crippen LogP) is 0.209. The third-order valence-electron chi connectivity index (χ3n) is 4.22. The normalized spacial score (nSPS) is 17.5. The minimum absolute atomic E-state index is 0.00830. The van der Waals surface area contributed by atoms with Gasteiger partial charge in [-0.25, -0.2) is 0 Å². The topological polar surface area (TPSA) is 141 Å². The molecule has 7 heteroatoms. The molecule has 1 unspecified atom stereocenters. The van der Waals surface area contributed by atoms with E-state index in [2.05, 4.69) is 0 Å². The summed E-state index contributed by atoms with van der Waals surface area (Å²) in [5.41, 5.74) is 8.92. The Kier molecular flexibility index (Phi) is 7.25. The Labute approximate surface area is 135 Å². The van der Waals surface area contributed by atoms with Crippen LogP contribution < -0.4 is 11.5 Å². The van der Waals surface area contributed by atoms with E-state index >= 15 is 0 Å². The van der Waals surface area contributed by atoms with E-state index in [0.29, 0.717) is 38.8 Å². The number of allylic oxidation sites excluding steroid dienone is 2. The van der Waals surface area contributed by atoms with Gasteiger partial charge in [0.05, 0.1) is 0 Å². The van der Waals surface area contributed by atoms with Crippen molar-refractivity contribution in [2.75, 3.05) is 13.1 Å². The molecule has 0 bridgehead atoms. The van der Waals surface area contributed by atoms with Gasteiger partial charge in [-0.15, -0.1) is 0 Å². The lowest BCUT2D eigenvalue weighted by Crippen LogP contribution is -2.47. The summed E-state index contributed by atoms with van der Waals surface area (Å²) in [6.07, 6.45) is 4.23. The largest absolute Gasteiger partial charge is 0.481 e. The van der Waals surface area contributed by atoms with Gasteiger partial charge < -0.3 is 16.6 Å². The monoisotopic (exact) mass is 324 g/mol. The first-order chi connectivity index (χ1) is 10.9. The molecule has 0 aromatic heterocycles. The van der Waals surface area contributed by atoms with Crippen molar-refractivity contribution in [3.63, 3.8) is 0 Å². The van der Waals surface area contributed by atoms with E-state index in [-0.39, 0.29) is 12.8 Å². The SMILES string of the molecule is NCCCCC(C(=O)O)C(=O)C1(CCCCN)C(=O)C=CC1=O. The lowest BCUT2D eigenvalue weighted by atomic mass is 9.70. The highest BCUT2D eigenvalue weighted by atomic mass is 16.4. The Hall–Kier alpha value is -1.86. The molecule has 0 fully saturated rings. The number of rotatable bonds is 11. The summed E-state index contributed by atoms with van der Waals surface area (Å²) in [5, 5.41) is 9.35. The van der Waals surface area contributed by atoms with Gasteiger partial charge in [0.2, 0.25) is 0 Å². The maximum absolute atomic E-state index is 12.8. The fraction of sp³-hybridized carbons (Fsp3) is 0.625. The van der Waals surface area contributed by atoms with E-state index in [0.717, 1.165) is 12.2 Å². The second-order valence-electron chi connectivity index (χ2n) is 5.75. The highest BCUT2D eigenvalue weighted by molar-refractivity contribution is 6.36. The van der Waals surface area contributed by atoms with Crippen LogP contribution in [0.2, 0.25) is 0 Å². The minimum atomic E-state index is -1.87. The van der Waals surface area contributed by atoms with Crippen LogP contribution in [0.4, 0.5) is 0 Å². The fourth-order valence-corrected chi connectivity index (χ4v) is 2.86. The zero-order valence-corrected chi connectivity index (χ0v) is 13.1. The van der Waals surface area contributed by atoms with Crippen molar-refractivity contribution < 1.29 is 24.3 Å². The maximum Gasteiger partial charge on any atom is 0.314 e. The summed E-state index contributed by atoms with van der Waals surface area (Å²) < 4.78 is 0. The molecule has 1 rings (SSSR count). The van der Waals surface area contributed by atoms with Crippen LogP contribution in [0.25, 0.3) is 0 Å². The van der Waals surface area contributed by atoms with Gasteiger partial charge in [-0.3, -0.25) is 19.2 Å². The van der Waals surface area contributed by atoms with Crippen molar-refractivity contribution in [2.45, 2.75) is 38.5 Å². The average Bonchev–Trinajstić information content (AvgIpc) is 2.80. The molecule has 0 spiro atoms. The second kappa shape index (κ2) is 8.69. The van der Waals surface area contributed by atoms with Gasteiger partial charge in [-0.05, 0) is 50.9 Å². The molecule has 128 valence electrons. The highest BCUT2D eigenvalue weighted by Crippen LogP contribution is 2.37. The van der Waals surface area contributed by atoms with E-state index in [1.54, 1.807) is 0 Å². The molecule has 0 aromatic carbocycles. The van der Waals surface area contributed by atoms with Gasteiger partial charge in [0, 0.05) is 0 Å². The molecular weight excluding hydrogens is 300 g/mol. The Morgan fingerprint density at radius 2 is 1.52 bits per heavy atom. The van der Waals surface area contributed by atoms with Crippen molar-refractivity contribution in [2.24, 2.45) is 22.8 Å². The maximum atomic E-state index is 12.8. The molecule has 0 heterocycles. The van der Waals surface area contributed by atoms with Gasteiger partial charge in [0.1, 0.15) is 5.92 Å². The van der Waals surface area contributed by atoms with Crippen molar-refractivity contribution in [1.29, 1.82) is 0 Å². The Balaban J connectivity index is 3.04. The number of aliphatic carboxylic acids is 1. The van der Waals surface area contributed by atoms with Crippen molar-refractivity contribution >= 4 is 23.3 Å². The molecule has 0 saturated heterocycles. The van der Waals surface area contributed by atoms with Crippen LogP contribution in [0.5, 0.6) is 0 Å². The Bertz CT molecular complexity index is 495. The Morgan fingerprint density at radius 3 is 2.00 bits per heavy atom. The van der Waals surface area contributed by atoms with E-state index in [4.69, 9.17) is 11.5 Å². The zero-order chi connectivity index (χ0) is 17.5. The fourth-order valence-electron chi connectivity index (χ4n) is 2.86. The van der Waals surface area contributed by atoms with E-state index in [1.165, 1.54) is 0 Å². The first kappa shape index (κ1) is 19.2. The summed E-state index contributed by atoms with van der Waals surface area (Å²) in [6.45, 7) is 0.764. The number of Topliss-reactive ketones (excluding diaryl/α,β-unsaturated/α-hetero) is 1. The van der Waals surface area contributed by atoms with Crippen molar-refractivity contribution in [3.8, 4) is 0 Å². The molecule has 0 amide bonds. The first-order valence-corrected chi connectivity index (χ1v) is 7.86. The van der Waals surface area contributed by atoms with Gasteiger partial charge in [0.25, 0.3) is 0 Å². The van der Waals surface area contributed by atoms with Gasteiger partial charge >= 0.3 is 5.97 Å². The second-order valence-corrected chi connectivity index (χ2v) is 5.75. The smallest absolute Gasteiger partial charge is 0.314 e. The van der Waals surface area contributed by atoms with Crippen LogP contribution in [0.1, 0.15) is 38.5 Å². The average molecular weight is 324 g/mol. The zero-order valence-electron chi connectivity index (χ0n) is 13.1. The predicted molar refractivity (Wildman–Crippen MR) is 83.5 cm³/mol. The molecular formula is C16H24N2O5. The van der Waals surface area contributed by atoms with E-state index < -0.39 is 34.7 Å². The summed E-state index contributed by atoms with van der Waals surface area (Å²) in [5.74, 6) is -4.71. The summed E-state index contributed by atoms with van der Waals surface area (Å²) in [6, 6.07) is 0. The van der Waals surface area contributed by atoms with Crippen LogP contribution in [0, 0.1) is 11.3 Å². The van der Waals surface area contributed by atoms with Crippen LogP contribution >= 0.6 is 0 Å². The molecule has 0 aliphatic heterocycles. The van der Waals surface area contributed by atoms with E-state index in [9.17, 15) is 24.3 Å². The number of carbonyl (C=O) groups excluding carboxylic acids is 3. The minimum Gasteiger partial charge on any atom is -0.481 e. The molecule has 1 aliphatic rings. The highest BCUT2D eigenvalue weighted by Gasteiger charge is 2.55. The van der Waals surface area contributed by atoms with Crippen LogP contribution in [-0.4, -0.2) is 41.5 Å². The number of unbranched alkanes of at least 4 members (excludes halogenated alkanes) is 2. The number of hydrogen-bond donors (Lipinski definition) is 3. The van der Waals surface area contributed by atoms with Crippen LogP contribution in [0.15, 0.2) is 12.2 Å². The van der Waals surface area contributed by atoms with Crippen LogP contribution in [-0.2, 0) is 19.2 Å². The number of nitrogens with two attached hydrogens (primary N) is 2. The summed E-state index contributed by atoms with van der Waals surface area (Å²) in [4.78, 5) is 48.7. The number of carboxylic acid groups (broad SMARTS) is 1. The number of hydrogen-bond acceptors (Lipinski definition) is 6. The number of carbonyl (C=O) groups is 4. The lowest BCUT2D eigenvalue weighted by Gasteiger charge is -2.27. The number of carboxylic acids is 1. The molecule has 1 aliphatic carbocycles. The molecule has 1 atom stereocenters. The quantitative estimate of drug-likeness (QED) is 0.364. The molecule has 7 nitrogen and oxygen atoms in total. The van der Waals surface area contributed by atoms with Gasteiger partial charge in [-0.1, -0.05) is 12.8 Å². The molecule has 0 radical (unpaired) electrons. The molecule has 0 aromatic rings. The van der Waals surface area contributed by atoms with Gasteiger partial charge in [-0.2, -0.15) is 0 Å². The van der Waals surface area contributed by atoms with Crippen molar-refractivity contribution in [3.05, 3.63) is 12.2 Å². The molecule has 0 saturated carbocycles. The van der Waals surface area contributed by atoms with Crippen LogP contribution in [0.3, 0.4) is 0 Å². The lowest BCUT2D eigenvalue weighted by molar-refractivity contribution is -0.153. The third kappa shape index (κ3) is 4.11.